The summed E-state index contributed by atoms with van der Waals surface area (Å²) < 4.78 is 10.4. The van der Waals surface area contributed by atoms with Crippen LogP contribution >= 0.6 is 11.3 Å². The number of nitrogens with one attached hydrogen (secondary N) is 1. The molecule has 130 valence electrons. The Hall–Kier alpha value is -2.94. The third-order valence-electron chi connectivity index (χ3n) is 3.53. The van der Waals surface area contributed by atoms with Crippen LogP contribution < -0.4 is 15.8 Å². The first-order valence-electron chi connectivity index (χ1n) is 7.49. The summed E-state index contributed by atoms with van der Waals surface area (Å²) in [6, 6.07) is 6.84. The molecule has 0 saturated carbocycles. The van der Waals surface area contributed by atoms with Gasteiger partial charge in [0.15, 0.2) is 5.13 Å². The lowest BCUT2D eigenvalue weighted by Crippen LogP contribution is -2.26. The number of rotatable bonds is 5. The van der Waals surface area contributed by atoms with E-state index in [4.69, 9.17) is 15.0 Å². The van der Waals surface area contributed by atoms with Crippen molar-refractivity contribution in [1.29, 1.82) is 0 Å². The summed E-state index contributed by atoms with van der Waals surface area (Å²) in [6.07, 6.45) is 0. The van der Waals surface area contributed by atoms with Crippen LogP contribution in [0.3, 0.4) is 0 Å². The summed E-state index contributed by atoms with van der Waals surface area (Å²) in [6.45, 7) is 3.50. The highest BCUT2D eigenvalue weighted by Gasteiger charge is 2.21. The number of ether oxygens (including phenoxy) is 1. The minimum Gasteiger partial charge on any atom is -0.497 e. The largest absolute Gasteiger partial charge is 0.497 e. The molecule has 2 aromatic heterocycles. The maximum absolute atomic E-state index is 12.3. The van der Waals surface area contributed by atoms with Crippen molar-refractivity contribution in [3.05, 3.63) is 40.7 Å². The predicted molar refractivity (Wildman–Crippen MR) is 93.4 cm³/mol. The van der Waals surface area contributed by atoms with Gasteiger partial charge in [-0.25, -0.2) is 4.98 Å². The van der Waals surface area contributed by atoms with Crippen molar-refractivity contribution in [2.75, 3.05) is 12.8 Å². The molecule has 0 unspecified atom stereocenters. The second kappa shape index (κ2) is 6.89. The number of benzene rings is 1. The SMILES string of the molecule is COc1ccc(-c2noc([C@H](C)NC(=O)c3sc(N)nc3C)n2)cc1. The van der Waals surface area contributed by atoms with Crippen LogP contribution in [0, 0.1) is 6.92 Å². The number of methoxy groups -OCH3 is 1. The van der Waals surface area contributed by atoms with Gasteiger partial charge in [-0.1, -0.05) is 16.5 Å². The molecule has 0 bridgehead atoms. The number of nitrogens with two attached hydrogens (primary N) is 1. The topological polar surface area (TPSA) is 116 Å². The average Bonchev–Trinajstić information content (AvgIpc) is 3.21. The van der Waals surface area contributed by atoms with E-state index in [0.29, 0.717) is 27.4 Å². The first kappa shape index (κ1) is 16.9. The molecule has 0 spiro atoms. The molecule has 3 rings (SSSR count). The second-order valence-corrected chi connectivity index (χ2v) is 6.38. The van der Waals surface area contributed by atoms with Crippen LogP contribution in [-0.4, -0.2) is 28.1 Å². The maximum atomic E-state index is 12.3. The molecule has 0 aliphatic rings. The van der Waals surface area contributed by atoms with E-state index in [2.05, 4.69) is 20.4 Å². The fourth-order valence-corrected chi connectivity index (χ4v) is 2.96. The molecular weight excluding hydrogens is 342 g/mol. The van der Waals surface area contributed by atoms with E-state index in [1.807, 2.05) is 24.3 Å². The molecule has 1 aromatic carbocycles. The highest BCUT2D eigenvalue weighted by atomic mass is 32.1. The molecule has 0 fully saturated rings. The lowest BCUT2D eigenvalue weighted by atomic mass is 10.2. The summed E-state index contributed by atoms with van der Waals surface area (Å²) in [5, 5.41) is 7.12. The summed E-state index contributed by atoms with van der Waals surface area (Å²) in [4.78, 5) is 21.2. The van der Waals surface area contributed by atoms with Crippen LogP contribution in [0.25, 0.3) is 11.4 Å². The fourth-order valence-electron chi connectivity index (χ4n) is 2.22. The van der Waals surface area contributed by atoms with Crippen molar-refractivity contribution in [3.8, 4) is 17.1 Å². The number of carbonyl (C=O) groups excluding carboxylic acids is 1. The van der Waals surface area contributed by atoms with Crippen molar-refractivity contribution in [1.82, 2.24) is 20.4 Å². The second-order valence-electron chi connectivity index (χ2n) is 5.35. The number of thiazole rings is 1. The Balaban J connectivity index is 1.72. The van der Waals surface area contributed by atoms with Crippen molar-refractivity contribution in [2.45, 2.75) is 19.9 Å². The van der Waals surface area contributed by atoms with E-state index in [-0.39, 0.29) is 5.91 Å². The molecule has 1 amide bonds. The zero-order valence-electron chi connectivity index (χ0n) is 13.9. The van der Waals surface area contributed by atoms with E-state index >= 15 is 0 Å². The Kier molecular flexibility index (Phi) is 4.66. The number of hydrogen-bond acceptors (Lipinski definition) is 8. The van der Waals surface area contributed by atoms with Gasteiger partial charge in [0.05, 0.1) is 12.8 Å². The van der Waals surface area contributed by atoms with Crippen LogP contribution in [0.2, 0.25) is 0 Å². The minimum atomic E-state index is -0.449. The molecule has 9 heteroatoms. The molecular formula is C16H17N5O3S. The van der Waals surface area contributed by atoms with Crippen molar-refractivity contribution in [3.63, 3.8) is 0 Å². The molecule has 0 saturated heterocycles. The highest BCUT2D eigenvalue weighted by Crippen LogP contribution is 2.23. The third kappa shape index (κ3) is 3.61. The Morgan fingerprint density at radius 1 is 1.32 bits per heavy atom. The lowest BCUT2D eigenvalue weighted by Gasteiger charge is -2.08. The maximum Gasteiger partial charge on any atom is 0.263 e. The summed E-state index contributed by atoms with van der Waals surface area (Å²) in [5.74, 6) is 1.22. The first-order valence-corrected chi connectivity index (χ1v) is 8.31. The Morgan fingerprint density at radius 3 is 2.64 bits per heavy atom. The van der Waals surface area contributed by atoms with Crippen molar-refractivity contribution >= 4 is 22.4 Å². The zero-order chi connectivity index (χ0) is 18.0. The Labute approximate surface area is 148 Å². The van der Waals surface area contributed by atoms with E-state index < -0.39 is 6.04 Å². The van der Waals surface area contributed by atoms with Gasteiger partial charge in [0.2, 0.25) is 11.7 Å². The van der Waals surface area contributed by atoms with E-state index in [1.54, 1.807) is 21.0 Å². The van der Waals surface area contributed by atoms with Crippen LogP contribution in [0.15, 0.2) is 28.8 Å². The van der Waals surface area contributed by atoms with Crippen molar-refractivity contribution in [2.24, 2.45) is 0 Å². The van der Waals surface area contributed by atoms with Gasteiger partial charge >= 0.3 is 0 Å². The van der Waals surface area contributed by atoms with Gasteiger partial charge in [-0.05, 0) is 38.1 Å². The molecule has 1 atom stereocenters. The molecule has 3 aromatic rings. The Morgan fingerprint density at radius 2 is 2.04 bits per heavy atom. The predicted octanol–water partition coefficient (Wildman–Crippen LogP) is 2.58. The number of aromatic nitrogens is 3. The van der Waals surface area contributed by atoms with Crippen LogP contribution in [0.1, 0.15) is 34.2 Å². The smallest absolute Gasteiger partial charge is 0.263 e. The van der Waals surface area contributed by atoms with E-state index in [0.717, 1.165) is 22.6 Å². The van der Waals surface area contributed by atoms with E-state index in [1.165, 1.54) is 0 Å². The monoisotopic (exact) mass is 359 g/mol. The average molecular weight is 359 g/mol. The third-order valence-corrected chi connectivity index (χ3v) is 4.51. The van der Waals surface area contributed by atoms with Gasteiger partial charge in [0, 0.05) is 5.56 Å². The van der Waals surface area contributed by atoms with E-state index in [9.17, 15) is 4.79 Å². The fraction of sp³-hybridized carbons (Fsp3) is 0.250. The molecule has 0 aliphatic carbocycles. The molecule has 0 aliphatic heterocycles. The molecule has 3 N–H and O–H groups in total. The van der Waals surface area contributed by atoms with Gasteiger partial charge in [-0.15, -0.1) is 0 Å². The summed E-state index contributed by atoms with van der Waals surface area (Å²) in [5.41, 5.74) is 7.01. The van der Waals surface area contributed by atoms with Gasteiger partial charge in [-0.2, -0.15) is 4.98 Å². The van der Waals surface area contributed by atoms with Gasteiger partial charge < -0.3 is 20.3 Å². The number of hydrogen-bond donors (Lipinski definition) is 2. The normalized spacial score (nSPS) is 12.0. The number of anilines is 1. The number of nitrogen functional groups attached to an aromatic ring is 1. The van der Waals surface area contributed by atoms with Gasteiger partial charge in [0.25, 0.3) is 5.91 Å². The molecule has 0 radical (unpaired) electrons. The van der Waals surface area contributed by atoms with Crippen LogP contribution in [0.5, 0.6) is 5.75 Å². The quantitative estimate of drug-likeness (QED) is 0.719. The number of amides is 1. The van der Waals surface area contributed by atoms with Gasteiger partial charge in [-0.3, -0.25) is 4.79 Å². The molecule has 2 heterocycles. The summed E-state index contributed by atoms with van der Waals surface area (Å²) in [7, 11) is 1.60. The van der Waals surface area contributed by atoms with Crippen molar-refractivity contribution < 1.29 is 14.1 Å². The van der Waals surface area contributed by atoms with Crippen LogP contribution in [0.4, 0.5) is 5.13 Å². The first-order chi connectivity index (χ1) is 12.0. The Bertz CT molecular complexity index is 888. The molecule has 25 heavy (non-hydrogen) atoms. The summed E-state index contributed by atoms with van der Waals surface area (Å²) >= 11 is 1.14. The van der Waals surface area contributed by atoms with Gasteiger partial charge in [0.1, 0.15) is 16.7 Å². The van der Waals surface area contributed by atoms with Crippen LogP contribution in [-0.2, 0) is 0 Å². The minimum absolute atomic E-state index is 0.275. The lowest BCUT2D eigenvalue weighted by molar-refractivity contribution is 0.0936. The number of carbonyl (C=O) groups is 1. The zero-order valence-corrected chi connectivity index (χ0v) is 14.8. The highest BCUT2D eigenvalue weighted by molar-refractivity contribution is 7.17. The standard InChI is InChI=1S/C16H17N5O3S/c1-8-12(25-16(17)19-8)14(22)18-9(2)15-20-13(21-24-15)10-4-6-11(23-3)7-5-10/h4-7,9H,1-3H3,(H2,17,19)(H,18,22)/t9-/m0/s1. The number of aryl methyl sites for hydroxylation is 1. The number of nitrogens with zero attached hydrogens (tertiary/aromatic N) is 3. The molecule has 8 nitrogen and oxygen atoms in total.